The van der Waals surface area contributed by atoms with Crippen LogP contribution in [0.1, 0.15) is 67.7 Å². The molecule has 0 bridgehead atoms. The highest BCUT2D eigenvalue weighted by Gasteiger charge is 2.35. The highest BCUT2D eigenvalue weighted by Crippen LogP contribution is 2.38. The molecule has 7 heteroatoms. The first-order valence-corrected chi connectivity index (χ1v) is 12.0. The van der Waals surface area contributed by atoms with E-state index in [9.17, 15) is 9.90 Å². The Morgan fingerprint density at radius 1 is 1.16 bits per heavy atom. The summed E-state index contributed by atoms with van der Waals surface area (Å²) in [7, 11) is -2.45. The van der Waals surface area contributed by atoms with Gasteiger partial charge in [-0.15, -0.1) is 0 Å². The number of carbonyl (C=O) groups is 1. The van der Waals surface area contributed by atoms with Crippen LogP contribution >= 0.6 is 8.60 Å². The number of carbonyl (C=O) groups excluding carboxylic acids is 1. The summed E-state index contributed by atoms with van der Waals surface area (Å²) in [5.41, 5.74) is 2.74. The van der Waals surface area contributed by atoms with Gasteiger partial charge in [0, 0.05) is 12.3 Å². The molecular formula is C24H31O6P. The minimum Gasteiger partial charge on any atom is -0.427 e. The van der Waals surface area contributed by atoms with Crippen molar-refractivity contribution in [3.63, 3.8) is 0 Å². The number of Topliss-reactive ketones (excluding diaryl/α,β-unsaturated/α-hetero) is 1. The summed E-state index contributed by atoms with van der Waals surface area (Å²) < 4.78 is 10.8. The van der Waals surface area contributed by atoms with E-state index >= 15 is 0 Å². The molecular weight excluding hydrogens is 415 g/mol. The molecule has 3 N–H and O–H groups in total. The first-order valence-electron chi connectivity index (χ1n) is 10.8. The molecule has 3 unspecified atom stereocenters. The van der Waals surface area contributed by atoms with Gasteiger partial charge in [0.15, 0.2) is 0 Å². The lowest BCUT2D eigenvalue weighted by atomic mass is 9.88. The first kappa shape index (κ1) is 23.8. The lowest BCUT2D eigenvalue weighted by molar-refractivity contribution is -0.119. The summed E-state index contributed by atoms with van der Waals surface area (Å²) >= 11 is 0. The summed E-state index contributed by atoms with van der Waals surface area (Å²) in [5.74, 6) is 0.559. The molecule has 2 aromatic carbocycles. The lowest BCUT2D eigenvalue weighted by Crippen LogP contribution is -2.17. The molecule has 1 aliphatic rings. The quantitative estimate of drug-likeness (QED) is 0.430. The number of hydrogen-bond donors (Lipinski definition) is 3. The van der Waals surface area contributed by atoms with Crippen LogP contribution in [0, 0.1) is 5.92 Å². The Labute approximate surface area is 184 Å². The number of aliphatic hydroxyl groups is 1. The van der Waals surface area contributed by atoms with Crippen LogP contribution in [-0.2, 0) is 16.1 Å². The summed E-state index contributed by atoms with van der Waals surface area (Å²) in [6, 6.07) is 14.8. The topological polar surface area (TPSA) is 96.2 Å². The Kier molecular flexibility index (Phi) is 9.00. The average molecular weight is 446 g/mol. The van der Waals surface area contributed by atoms with E-state index in [-0.39, 0.29) is 17.6 Å². The zero-order valence-electron chi connectivity index (χ0n) is 17.8. The van der Waals surface area contributed by atoms with Crippen molar-refractivity contribution >= 4 is 14.4 Å². The van der Waals surface area contributed by atoms with Crippen LogP contribution in [0.2, 0.25) is 0 Å². The largest absolute Gasteiger partial charge is 0.427 e. The molecule has 31 heavy (non-hydrogen) atoms. The van der Waals surface area contributed by atoms with Gasteiger partial charge in [0.1, 0.15) is 11.5 Å². The van der Waals surface area contributed by atoms with Gasteiger partial charge >= 0.3 is 8.60 Å². The summed E-state index contributed by atoms with van der Waals surface area (Å²) in [6.45, 7) is 2.93. The fraction of sp³-hybridized carbons (Fsp3) is 0.458. The zero-order valence-corrected chi connectivity index (χ0v) is 18.7. The predicted octanol–water partition coefficient (Wildman–Crippen LogP) is 4.78. The number of unbranched alkanes of at least 4 members (excludes halogenated alkanes) is 1. The van der Waals surface area contributed by atoms with Crippen LogP contribution in [-0.4, -0.2) is 27.3 Å². The fourth-order valence-electron chi connectivity index (χ4n) is 4.15. The van der Waals surface area contributed by atoms with Crippen molar-refractivity contribution in [2.24, 2.45) is 5.92 Å². The predicted molar refractivity (Wildman–Crippen MR) is 119 cm³/mol. The van der Waals surface area contributed by atoms with E-state index < -0.39 is 14.7 Å². The molecule has 0 heterocycles. The molecule has 168 valence electrons. The highest BCUT2D eigenvalue weighted by molar-refractivity contribution is 7.39. The molecule has 6 nitrogen and oxygen atoms in total. The molecule has 2 aromatic rings. The molecule has 0 spiro atoms. The van der Waals surface area contributed by atoms with Gasteiger partial charge in [-0.25, -0.2) is 0 Å². The normalized spacial score (nSPS) is 19.7. The summed E-state index contributed by atoms with van der Waals surface area (Å²) in [4.78, 5) is 30.5. The van der Waals surface area contributed by atoms with Gasteiger partial charge < -0.3 is 24.2 Å². The number of benzene rings is 2. The van der Waals surface area contributed by atoms with E-state index in [4.69, 9.17) is 19.0 Å². The smallest absolute Gasteiger partial charge is 0.391 e. The van der Waals surface area contributed by atoms with Crippen molar-refractivity contribution in [1.29, 1.82) is 0 Å². The van der Waals surface area contributed by atoms with E-state index in [0.717, 1.165) is 42.4 Å². The molecule has 1 fully saturated rings. The maximum atomic E-state index is 12.6. The summed E-state index contributed by atoms with van der Waals surface area (Å²) in [5, 5.41) is 10.3. The molecule has 0 amide bonds. The van der Waals surface area contributed by atoms with Gasteiger partial charge in [-0.05, 0) is 47.6 Å². The number of ketones is 1. The Balaban J connectivity index is 1.58. The third-order valence-electron chi connectivity index (χ3n) is 5.78. The van der Waals surface area contributed by atoms with Crippen molar-refractivity contribution in [2.45, 2.75) is 57.7 Å². The Morgan fingerprint density at radius 2 is 1.94 bits per heavy atom. The molecule has 0 saturated heterocycles. The van der Waals surface area contributed by atoms with E-state index in [2.05, 4.69) is 6.92 Å². The number of aliphatic hydroxyl groups excluding tert-OH is 1. The van der Waals surface area contributed by atoms with Crippen molar-refractivity contribution in [1.82, 2.24) is 0 Å². The average Bonchev–Trinajstić information content (AvgIpc) is 3.12. The van der Waals surface area contributed by atoms with Gasteiger partial charge in [0.2, 0.25) is 0 Å². The van der Waals surface area contributed by atoms with Crippen LogP contribution in [0.25, 0.3) is 0 Å². The minimum atomic E-state index is -2.45. The second-order valence-corrected chi connectivity index (χ2v) is 8.76. The van der Waals surface area contributed by atoms with E-state index in [1.54, 1.807) is 18.2 Å². The van der Waals surface area contributed by atoms with Gasteiger partial charge in [-0.3, -0.25) is 4.79 Å². The molecule has 0 aromatic heterocycles. The third kappa shape index (κ3) is 6.83. The molecule has 3 atom stereocenters. The van der Waals surface area contributed by atoms with E-state index in [0.29, 0.717) is 25.4 Å². The second kappa shape index (κ2) is 11.7. The van der Waals surface area contributed by atoms with Gasteiger partial charge in [0.05, 0.1) is 19.3 Å². The number of hydrogen-bond acceptors (Lipinski definition) is 6. The molecule has 0 radical (unpaired) electrons. The highest BCUT2D eigenvalue weighted by atomic mass is 31.2. The van der Waals surface area contributed by atoms with Crippen LogP contribution in [0.15, 0.2) is 48.5 Å². The monoisotopic (exact) mass is 446 g/mol. The van der Waals surface area contributed by atoms with Crippen molar-refractivity contribution < 1.29 is 28.9 Å². The van der Waals surface area contributed by atoms with Crippen LogP contribution in [0.3, 0.4) is 0 Å². The van der Waals surface area contributed by atoms with E-state index in [1.807, 2.05) is 30.3 Å². The van der Waals surface area contributed by atoms with Crippen molar-refractivity contribution in [3.05, 3.63) is 65.2 Å². The zero-order chi connectivity index (χ0) is 22.2. The Bertz CT molecular complexity index is 838. The van der Waals surface area contributed by atoms with Gasteiger partial charge in [-0.1, -0.05) is 56.2 Å². The van der Waals surface area contributed by atoms with Crippen molar-refractivity contribution in [3.8, 4) is 5.75 Å². The standard InChI is InChI=1S/C24H31O6P/c1-2-3-7-22(25)18-8-10-19(11-9-18)24-20(12-13-23(24)26)16-29-15-17-5-4-6-21(14-17)30-31(27)28/h4-6,8-11,14,20,22,24-25,27-28H,2-3,7,12-13,15-16H2,1H3. The van der Waals surface area contributed by atoms with Crippen LogP contribution in [0.5, 0.6) is 5.75 Å². The first-order chi connectivity index (χ1) is 15.0. The molecule has 1 aliphatic carbocycles. The fourth-order valence-corrected chi connectivity index (χ4v) is 4.46. The van der Waals surface area contributed by atoms with Crippen molar-refractivity contribution in [2.75, 3.05) is 6.61 Å². The molecule has 0 aliphatic heterocycles. The maximum absolute atomic E-state index is 12.6. The SMILES string of the molecule is CCCCC(O)c1ccc(C2C(=O)CCC2COCc2cccc(OP(O)O)c2)cc1. The third-order valence-corrected chi connectivity index (χ3v) is 6.15. The van der Waals surface area contributed by atoms with E-state index in [1.165, 1.54) is 0 Å². The van der Waals surface area contributed by atoms with Crippen LogP contribution < -0.4 is 4.52 Å². The maximum Gasteiger partial charge on any atom is 0.391 e. The number of rotatable bonds is 11. The van der Waals surface area contributed by atoms with Gasteiger partial charge in [-0.2, -0.15) is 0 Å². The van der Waals surface area contributed by atoms with Crippen LogP contribution in [0.4, 0.5) is 0 Å². The summed E-state index contributed by atoms with van der Waals surface area (Å²) in [6.07, 6.45) is 3.68. The second-order valence-electron chi connectivity index (χ2n) is 8.07. The van der Waals surface area contributed by atoms with Gasteiger partial charge in [0.25, 0.3) is 0 Å². The lowest BCUT2D eigenvalue weighted by Gasteiger charge is -2.20. The molecule has 3 rings (SSSR count). The molecule has 1 saturated carbocycles. The Morgan fingerprint density at radius 3 is 2.65 bits per heavy atom. The Hall–Kier alpha value is -1.82. The minimum absolute atomic E-state index is 0.116. The number of ether oxygens (including phenoxy) is 1.